The summed E-state index contributed by atoms with van der Waals surface area (Å²) in [7, 11) is 0. The van der Waals surface area contributed by atoms with E-state index in [0.717, 1.165) is 0 Å². The molecule has 11 nitrogen and oxygen atoms in total. The first-order valence-corrected chi connectivity index (χ1v) is 13.5. The third kappa shape index (κ3) is 7.04. The minimum Gasteiger partial charge on any atom is -0.508 e. The van der Waals surface area contributed by atoms with Gasteiger partial charge in [-0.2, -0.15) is 0 Å². The van der Waals surface area contributed by atoms with Gasteiger partial charge in [-0.25, -0.2) is 4.58 Å². The Morgan fingerprint density at radius 1 is 0.950 bits per heavy atom. The summed E-state index contributed by atoms with van der Waals surface area (Å²) in [4.78, 5) is 28.4. The number of aromatic hydroxyl groups is 1. The first-order chi connectivity index (χ1) is 19.3. The normalized spacial score (nSPS) is 22.2. The quantitative estimate of drug-likeness (QED) is 0.0946. The molecule has 0 heterocycles. The molecule has 0 saturated heterocycles. The van der Waals surface area contributed by atoms with Crippen LogP contribution in [-0.4, -0.2) is 119 Å². The second kappa shape index (κ2) is 14.9. The van der Waals surface area contributed by atoms with Crippen LogP contribution in [-0.2, 0) is 19.1 Å². The van der Waals surface area contributed by atoms with Gasteiger partial charge < -0.3 is 39.9 Å². The molecule has 0 aliphatic heterocycles. The zero-order chi connectivity index (χ0) is 29.2. The van der Waals surface area contributed by atoms with Crippen LogP contribution in [0.4, 0.5) is 5.69 Å². The highest BCUT2D eigenvalue weighted by Crippen LogP contribution is 2.40. The standard InChI is InChI=1S/C29H38N2O9/c1-3-30(9-13-39-15-11-32)19-5-7-21(23(34)17-19)25-27(36)26(29(38)28(25)37)22-8-6-20(18-24(22)35)31(4-2)10-14-40-16-12-33/h5-8,17-18,25,28,32-34,37H,3-4,9-16H2,1-2H3/p+1. The van der Waals surface area contributed by atoms with E-state index in [1.165, 1.54) is 24.3 Å². The van der Waals surface area contributed by atoms with Gasteiger partial charge in [0.1, 0.15) is 30.8 Å². The molecule has 5 N–H and O–H groups in total. The lowest BCUT2D eigenvalue weighted by molar-refractivity contribution is -0.525. The molecule has 1 saturated carbocycles. The Labute approximate surface area is 233 Å². The number of carbonyl (C=O) groups excluding carboxylic acids is 2. The van der Waals surface area contributed by atoms with Crippen LogP contribution in [0.1, 0.15) is 25.3 Å². The van der Waals surface area contributed by atoms with Gasteiger partial charge in [0.05, 0.1) is 50.6 Å². The largest absolute Gasteiger partial charge is 0.508 e. The number of allylic oxidation sites excluding steroid dienone is 3. The Hall–Kier alpha value is -3.35. The average Bonchev–Trinajstić information content (AvgIpc) is 3.16. The fraction of sp³-hybridized carbons (Fsp3) is 0.483. The smallest absolute Gasteiger partial charge is 0.203 e. The van der Waals surface area contributed by atoms with E-state index in [1.807, 2.05) is 23.3 Å². The second-order valence-electron chi connectivity index (χ2n) is 9.30. The maximum atomic E-state index is 13.5. The van der Waals surface area contributed by atoms with Crippen molar-refractivity contribution in [3.8, 4) is 5.75 Å². The molecule has 2 aliphatic carbocycles. The van der Waals surface area contributed by atoms with Crippen molar-refractivity contribution in [2.24, 2.45) is 0 Å². The maximum Gasteiger partial charge on any atom is 0.203 e. The number of nitrogens with zero attached hydrogens (tertiary/aromatic N) is 2. The van der Waals surface area contributed by atoms with E-state index >= 15 is 0 Å². The second-order valence-corrected chi connectivity index (χ2v) is 9.30. The van der Waals surface area contributed by atoms with Crippen LogP contribution in [0.3, 0.4) is 0 Å². The summed E-state index contributed by atoms with van der Waals surface area (Å²) in [5.41, 5.74) is 1.15. The summed E-state index contributed by atoms with van der Waals surface area (Å²) in [6, 6.07) is 4.69. The van der Waals surface area contributed by atoms with Gasteiger partial charge in [0.2, 0.25) is 5.71 Å². The Kier molecular flexibility index (Phi) is 11.6. The molecule has 0 bridgehead atoms. The number of ketones is 2. The lowest BCUT2D eigenvalue weighted by atomic mass is 9.92. The van der Waals surface area contributed by atoms with E-state index in [-0.39, 0.29) is 54.6 Å². The van der Waals surface area contributed by atoms with Crippen molar-refractivity contribution in [1.29, 1.82) is 0 Å². The summed E-state index contributed by atoms with van der Waals surface area (Å²) in [6.45, 7) is 7.15. The van der Waals surface area contributed by atoms with Crippen molar-refractivity contribution in [3.63, 3.8) is 0 Å². The van der Waals surface area contributed by atoms with Crippen LogP contribution < -0.4 is 4.90 Å². The number of phenols is 1. The molecule has 3 rings (SSSR count). The van der Waals surface area contributed by atoms with Crippen molar-refractivity contribution in [2.75, 3.05) is 70.7 Å². The number of anilines is 1. The zero-order valence-corrected chi connectivity index (χ0v) is 23.0. The average molecular weight is 560 g/mol. The highest BCUT2D eigenvalue weighted by atomic mass is 16.5. The lowest BCUT2D eigenvalue weighted by Gasteiger charge is -2.24. The van der Waals surface area contributed by atoms with E-state index in [4.69, 9.17) is 19.7 Å². The number of benzene rings is 1. The minimum atomic E-state index is -1.71. The molecule has 1 aromatic carbocycles. The van der Waals surface area contributed by atoms with Crippen LogP contribution in [0.15, 0.2) is 53.3 Å². The molecule has 0 aromatic heterocycles. The zero-order valence-electron chi connectivity index (χ0n) is 23.0. The fourth-order valence-corrected chi connectivity index (χ4v) is 4.84. The van der Waals surface area contributed by atoms with Crippen molar-refractivity contribution in [2.45, 2.75) is 25.9 Å². The summed E-state index contributed by atoms with van der Waals surface area (Å²) < 4.78 is 12.6. The molecule has 1 fully saturated rings. The highest BCUT2D eigenvalue weighted by Gasteiger charge is 2.48. The van der Waals surface area contributed by atoms with E-state index < -0.39 is 23.6 Å². The number of hydrogen-bond donors (Lipinski definition) is 5. The molecule has 2 atom stereocenters. The van der Waals surface area contributed by atoms with Crippen LogP contribution in [0, 0.1) is 0 Å². The first kappa shape index (κ1) is 31.2. The molecule has 40 heavy (non-hydrogen) atoms. The fourth-order valence-electron chi connectivity index (χ4n) is 4.84. The van der Waals surface area contributed by atoms with Gasteiger partial charge >= 0.3 is 0 Å². The number of carbonyl (C=O) groups is 2. The molecule has 218 valence electrons. The first-order valence-electron chi connectivity index (χ1n) is 13.5. The summed E-state index contributed by atoms with van der Waals surface area (Å²) in [5, 5.41) is 50.1. The van der Waals surface area contributed by atoms with E-state index in [0.29, 0.717) is 50.8 Å². The third-order valence-corrected chi connectivity index (χ3v) is 6.94. The van der Waals surface area contributed by atoms with Gasteiger partial charge in [-0.15, -0.1) is 0 Å². The SMILES string of the molecule is CCN(CCOCCO)c1ccc(C2C(=O)C(=C3C=CC(=[N+](CC)CCOCCO)C=C3O)C(=O)C2O)c(O)c1. The molecule has 2 aliphatic rings. The number of rotatable bonds is 14. The van der Waals surface area contributed by atoms with Crippen LogP contribution in [0.2, 0.25) is 0 Å². The summed E-state index contributed by atoms with van der Waals surface area (Å²) >= 11 is 0. The number of ether oxygens (including phenoxy) is 2. The van der Waals surface area contributed by atoms with Crippen molar-refractivity contribution in [3.05, 3.63) is 58.9 Å². The maximum absolute atomic E-state index is 13.5. The van der Waals surface area contributed by atoms with Crippen LogP contribution in [0.5, 0.6) is 5.75 Å². The molecule has 2 unspecified atom stereocenters. The summed E-state index contributed by atoms with van der Waals surface area (Å²) in [5.74, 6) is -3.33. The molecule has 0 radical (unpaired) electrons. The van der Waals surface area contributed by atoms with Gasteiger partial charge in [0.25, 0.3) is 0 Å². The highest BCUT2D eigenvalue weighted by molar-refractivity contribution is 6.31. The number of aliphatic hydroxyl groups excluding tert-OH is 4. The number of hydrogen-bond acceptors (Lipinski definition) is 10. The Morgan fingerprint density at radius 2 is 1.65 bits per heavy atom. The number of Topliss-reactive ketones (excluding diaryl/α,β-unsaturated/α-hetero) is 2. The topological polar surface area (TPSA) is 160 Å². The summed E-state index contributed by atoms with van der Waals surface area (Å²) in [6.07, 6.45) is 2.90. The van der Waals surface area contributed by atoms with Gasteiger partial charge in [-0.1, -0.05) is 6.07 Å². The monoisotopic (exact) mass is 559 g/mol. The molecule has 0 spiro atoms. The van der Waals surface area contributed by atoms with Crippen molar-refractivity contribution >= 4 is 23.0 Å². The molecule has 11 heteroatoms. The Bertz CT molecular complexity index is 1200. The predicted octanol–water partition coefficient (Wildman–Crippen LogP) is 0.614. The number of likely N-dealkylation sites (N-methyl/N-ethyl adjacent to an activating group) is 2. The molecule has 1 aromatic rings. The van der Waals surface area contributed by atoms with Crippen molar-refractivity contribution in [1.82, 2.24) is 0 Å². The van der Waals surface area contributed by atoms with E-state index in [9.17, 15) is 24.9 Å². The Morgan fingerprint density at radius 3 is 2.25 bits per heavy atom. The van der Waals surface area contributed by atoms with Gasteiger partial charge in [-0.3, -0.25) is 9.59 Å². The third-order valence-electron chi connectivity index (χ3n) is 6.94. The molecule has 0 amide bonds. The number of phenolic OH excluding ortho intramolecular Hbond substituents is 1. The van der Waals surface area contributed by atoms with Crippen LogP contribution >= 0.6 is 0 Å². The van der Waals surface area contributed by atoms with Gasteiger partial charge in [-0.05, 0) is 26.0 Å². The molecular formula is C29H39N2O9+. The minimum absolute atomic E-state index is 0.0176. The van der Waals surface area contributed by atoms with Crippen LogP contribution in [0.25, 0.3) is 0 Å². The lowest BCUT2D eigenvalue weighted by Crippen LogP contribution is -2.27. The van der Waals surface area contributed by atoms with Gasteiger partial charge in [0, 0.05) is 42.1 Å². The molecular weight excluding hydrogens is 520 g/mol. The number of aliphatic hydroxyl groups is 4. The van der Waals surface area contributed by atoms with E-state index in [2.05, 4.69) is 0 Å². The Balaban J connectivity index is 1.85. The predicted molar refractivity (Wildman–Crippen MR) is 148 cm³/mol. The van der Waals surface area contributed by atoms with E-state index in [1.54, 1.807) is 12.1 Å². The van der Waals surface area contributed by atoms with Crippen molar-refractivity contribution < 1.29 is 49.2 Å². The van der Waals surface area contributed by atoms with Gasteiger partial charge in [0.15, 0.2) is 18.1 Å².